The average molecular weight is 403 g/mol. The molecule has 0 bridgehead atoms. The van der Waals surface area contributed by atoms with Crippen LogP contribution in [0, 0.1) is 13.8 Å². The van der Waals surface area contributed by atoms with Gasteiger partial charge in [0, 0.05) is 32.8 Å². The maximum Gasteiger partial charge on any atom is 0.343 e. The fourth-order valence-corrected chi connectivity index (χ4v) is 2.76. The van der Waals surface area contributed by atoms with Gasteiger partial charge < -0.3 is 9.84 Å². The minimum absolute atomic E-state index is 0. The second-order valence-corrected chi connectivity index (χ2v) is 5.67. The van der Waals surface area contributed by atoms with E-state index in [1.165, 1.54) is 0 Å². The molecule has 0 saturated heterocycles. The summed E-state index contributed by atoms with van der Waals surface area (Å²) in [7, 11) is 0. The van der Waals surface area contributed by atoms with Crippen LogP contribution in [0.2, 0.25) is 0 Å². The Balaban J connectivity index is 0.00000169. The number of carbonyl (C=O) groups excluding carboxylic acids is 1. The fourth-order valence-electron chi connectivity index (χ4n) is 2.76. The summed E-state index contributed by atoms with van der Waals surface area (Å²) < 4.78 is 5.63. The van der Waals surface area contributed by atoms with Crippen molar-refractivity contribution in [2.45, 2.75) is 13.8 Å². The van der Waals surface area contributed by atoms with Crippen LogP contribution in [0.5, 0.6) is 11.5 Å². The fraction of sp³-hybridized carbons (Fsp3) is 0.0952. The maximum absolute atomic E-state index is 12.4. The molecule has 3 aromatic carbocycles. The van der Waals surface area contributed by atoms with E-state index < -0.39 is 5.97 Å². The molecule has 0 amide bonds. The zero-order valence-electron chi connectivity index (χ0n) is 14.5. The van der Waals surface area contributed by atoms with Crippen molar-refractivity contribution in [1.82, 2.24) is 0 Å². The number of rotatable bonds is 3. The molecule has 3 rings (SSSR count). The van der Waals surface area contributed by atoms with Crippen LogP contribution in [0.1, 0.15) is 21.5 Å². The standard InChI is InChI=1S/C21H18O3.ClH.Ti/c1-14-8-6-12-17(22)19(14)20-15(2)9-7-13-18(20)24-21(23)16-10-4-3-5-11-16;;/h3-13,22H,1-2H3;1H;. The number of hydrogen-bond acceptors (Lipinski definition) is 3. The number of aryl methyl sites for hydroxylation is 2. The number of benzene rings is 3. The third-order valence-electron chi connectivity index (χ3n) is 3.95. The smallest absolute Gasteiger partial charge is 0.343 e. The van der Waals surface area contributed by atoms with Gasteiger partial charge >= 0.3 is 5.97 Å². The minimum Gasteiger partial charge on any atom is -0.507 e. The van der Waals surface area contributed by atoms with Gasteiger partial charge in [0.25, 0.3) is 0 Å². The quantitative estimate of drug-likeness (QED) is 0.367. The van der Waals surface area contributed by atoms with Crippen molar-refractivity contribution in [3.8, 4) is 22.6 Å². The molecule has 3 nitrogen and oxygen atoms in total. The number of ether oxygens (including phenoxy) is 1. The van der Waals surface area contributed by atoms with Crippen LogP contribution in [-0.2, 0) is 21.7 Å². The van der Waals surface area contributed by atoms with Gasteiger partial charge in [-0.15, -0.1) is 12.4 Å². The largest absolute Gasteiger partial charge is 0.507 e. The zero-order chi connectivity index (χ0) is 17.1. The van der Waals surface area contributed by atoms with Crippen molar-refractivity contribution in [2.24, 2.45) is 0 Å². The van der Waals surface area contributed by atoms with E-state index in [1.807, 2.05) is 38.1 Å². The second kappa shape index (κ2) is 9.58. The van der Waals surface area contributed by atoms with E-state index in [0.29, 0.717) is 16.9 Å². The molecule has 1 N–H and O–H groups in total. The Hall–Kier alpha value is -2.07. The Bertz CT molecular complexity index is 875. The number of carbonyl (C=O) groups is 1. The first-order valence-electron chi connectivity index (χ1n) is 7.73. The maximum atomic E-state index is 12.4. The van der Waals surface area contributed by atoms with Crippen LogP contribution in [0.15, 0.2) is 66.7 Å². The predicted molar refractivity (Wildman–Crippen MR) is 102 cm³/mol. The molecule has 0 unspecified atom stereocenters. The van der Waals surface area contributed by atoms with Crippen molar-refractivity contribution in [3.63, 3.8) is 0 Å². The van der Waals surface area contributed by atoms with Crippen LogP contribution in [0.3, 0.4) is 0 Å². The van der Waals surface area contributed by atoms with Gasteiger partial charge in [-0.2, -0.15) is 0 Å². The molecule has 3 aromatic rings. The van der Waals surface area contributed by atoms with E-state index in [1.54, 1.807) is 42.5 Å². The Morgan fingerprint density at radius 1 is 0.808 bits per heavy atom. The summed E-state index contributed by atoms with van der Waals surface area (Å²) in [4.78, 5) is 12.4. The molecule has 0 heterocycles. The molecule has 0 spiro atoms. The van der Waals surface area contributed by atoms with E-state index in [2.05, 4.69) is 0 Å². The molecule has 132 valence electrons. The molecule has 0 saturated carbocycles. The molecule has 0 aliphatic carbocycles. The van der Waals surface area contributed by atoms with Gasteiger partial charge in [-0.3, -0.25) is 0 Å². The number of hydrogen-bond donors (Lipinski definition) is 1. The summed E-state index contributed by atoms with van der Waals surface area (Å²) >= 11 is 0. The molecular formula is C21H19ClO3Ti. The molecule has 0 atom stereocenters. The molecule has 0 aliphatic heterocycles. The normalized spacial score (nSPS) is 9.62. The van der Waals surface area contributed by atoms with E-state index >= 15 is 0 Å². The van der Waals surface area contributed by atoms with Crippen LogP contribution >= 0.6 is 12.4 Å². The monoisotopic (exact) mass is 402 g/mol. The Morgan fingerprint density at radius 3 is 2.00 bits per heavy atom. The van der Waals surface area contributed by atoms with Gasteiger partial charge in [-0.05, 0) is 49.2 Å². The molecule has 0 radical (unpaired) electrons. The van der Waals surface area contributed by atoms with Crippen molar-refractivity contribution in [3.05, 3.63) is 83.4 Å². The van der Waals surface area contributed by atoms with Crippen LogP contribution < -0.4 is 4.74 Å². The molecule has 5 heteroatoms. The van der Waals surface area contributed by atoms with Gasteiger partial charge in [0.15, 0.2) is 0 Å². The second-order valence-electron chi connectivity index (χ2n) is 5.67. The van der Waals surface area contributed by atoms with E-state index in [9.17, 15) is 9.90 Å². The Labute approximate surface area is 174 Å². The predicted octanol–water partition coefficient (Wildman–Crippen LogP) is 5.31. The number of phenols is 1. The summed E-state index contributed by atoms with van der Waals surface area (Å²) in [6.07, 6.45) is 0. The molecular weight excluding hydrogens is 384 g/mol. The molecule has 0 aromatic heterocycles. The third kappa shape index (κ3) is 4.56. The number of phenolic OH excluding ortho intramolecular Hbond substituents is 1. The van der Waals surface area contributed by atoms with Gasteiger partial charge in [0.05, 0.1) is 5.56 Å². The zero-order valence-corrected chi connectivity index (χ0v) is 16.9. The van der Waals surface area contributed by atoms with Gasteiger partial charge in [-0.25, -0.2) is 4.79 Å². The number of esters is 1. The van der Waals surface area contributed by atoms with E-state index in [-0.39, 0.29) is 39.9 Å². The van der Waals surface area contributed by atoms with Gasteiger partial charge in [0.1, 0.15) is 11.5 Å². The molecule has 26 heavy (non-hydrogen) atoms. The molecule has 0 aliphatic rings. The van der Waals surface area contributed by atoms with Crippen molar-refractivity contribution in [1.29, 1.82) is 0 Å². The van der Waals surface area contributed by atoms with E-state index in [0.717, 1.165) is 16.7 Å². The van der Waals surface area contributed by atoms with Gasteiger partial charge in [0.2, 0.25) is 0 Å². The number of aromatic hydroxyl groups is 1. The van der Waals surface area contributed by atoms with Gasteiger partial charge in [-0.1, -0.05) is 42.5 Å². The number of halogens is 1. The Kier molecular flexibility index (Phi) is 8.10. The summed E-state index contributed by atoms with van der Waals surface area (Å²) in [5.74, 6) is 0.185. The van der Waals surface area contributed by atoms with Crippen molar-refractivity contribution < 1.29 is 36.4 Å². The van der Waals surface area contributed by atoms with Crippen LogP contribution in [0.4, 0.5) is 0 Å². The van der Waals surface area contributed by atoms with Crippen molar-refractivity contribution in [2.75, 3.05) is 0 Å². The summed E-state index contributed by atoms with van der Waals surface area (Å²) in [6.45, 7) is 3.85. The summed E-state index contributed by atoms with van der Waals surface area (Å²) in [5, 5.41) is 10.3. The summed E-state index contributed by atoms with van der Waals surface area (Å²) in [6, 6.07) is 19.7. The SMILES string of the molecule is Cc1cccc(O)c1-c1c(C)cccc1OC(=O)c1ccccc1.Cl.[Ti]. The Morgan fingerprint density at radius 2 is 1.38 bits per heavy atom. The first kappa shape index (κ1) is 22.0. The summed E-state index contributed by atoms with van der Waals surface area (Å²) in [5.41, 5.74) is 3.75. The van der Waals surface area contributed by atoms with Crippen LogP contribution in [-0.4, -0.2) is 11.1 Å². The van der Waals surface area contributed by atoms with Crippen molar-refractivity contribution >= 4 is 18.4 Å². The minimum atomic E-state index is -0.421. The topological polar surface area (TPSA) is 46.5 Å². The first-order valence-corrected chi connectivity index (χ1v) is 7.73. The average Bonchev–Trinajstić information content (AvgIpc) is 2.57. The van der Waals surface area contributed by atoms with E-state index in [4.69, 9.17) is 4.74 Å². The first-order chi connectivity index (χ1) is 11.6. The molecule has 0 fully saturated rings. The third-order valence-corrected chi connectivity index (χ3v) is 3.95. The van der Waals surface area contributed by atoms with Crippen LogP contribution in [0.25, 0.3) is 11.1 Å².